The summed E-state index contributed by atoms with van der Waals surface area (Å²) in [7, 11) is 9.49. The fourth-order valence-electron chi connectivity index (χ4n) is 1.62. The van der Waals surface area contributed by atoms with Crippen molar-refractivity contribution in [1.29, 1.82) is 5.41 Å². The van der Waals surface area contributed by atoms with Crippen LogP contribution >= 0.6 is 0 Å². The van der Waals surface area contributed by atoms with Crippen LogP contribution in [0.5, 0.6) is 0 Å². The van der Waals surface area contributed by atoms with Crippen LogP contribution < -0.4 is 51.4 Å². The molecule has 21 heavy (non-hydrogen) atoms. The molecular weight excluding hydrogens is 289 g/mol. The third-order valence-corrected chi connectivity index (χ3v) is 2.30. The van der Waals surface area contributed by atoms with Gasteiger partial charge in [-0.15, -0.1) is 0 Å². The SMILES string of the molecule is CC.C[N-]c1[nH]ccc1C(=N)/C(C=[N+](C)C)=C\N(C)C.[K+]. The van der Waals surface area contributed by atoms with Crippen molar-refractivity contribution in [3.8, 4) is 0 Å². The molecule has 1 heterocycles. The van der Waals surface area contributed by atoms with E-state index >= 15 is 0 Å². The zero-order valence-electron chi connectivity index (χ0n) is 14.7. The zero-order valence-corrected chi connectivity index (χ0v) is 17.8. The van der Waals surface area contributed by atoms with E-state index in [1.807, 2.05) is 70.0 Å². The Morgan fingerprint density at radius 1 is 1.33 bits per heavy atom. The molecule has 0 bridgehead atoms. The van der Waals surface area contributed by atoms with Crippen LogP contribution in [-0.4, -0.2) is 61.6 Å². The molecule has 1 rings (SSSR count). The van der Waals surface area contributed by atoms with Crippen molar-refractivity contribution in [2.75, 3.05) is 35.2 Å². The number of H-pyrrole nitrogens is 1. The summed E-state index contributed by atoms with van der Waals surface area (Å²) in [4.78, 5) is 4.95. The van der Waals surface area contributed by atoms with Crippen molar-refractivity contribution in [2.45, 2.75) is 13.8 Å². The van der Waals surface area contributed by atoms with E-state index in [0.717, 1.165) is 17.0 Å². The molecule has 0 aliphatic heterocycles. The topological polar surface area (TPSA) is 60.0 Å². The van der Waals surface area contributed by atoms with Crippen LogP contribution in [0.4, 0.5) is 5.82 Å². The molecule has 0 aliphatic carbocycles. The van der Waals surface area contributed by atoms with Gasteiger partial charge in [0, 0.05) is 20.3 Å². The average molecular weight is 317 g/mol. The summed E-state index contributed by atoms with van der Waals surface area (Å²) in [5, 5.41) is 12.4. The maximum absolute atomic E-state index is 8.30. The van der Waals surface area contributed by atoms with E-state index in [2.05, 4.69) is 10.3 Å². The first-order chi connectivity index (χ1) is 9.45. The van der Waals surface area contributed by atoms with Crippen LogP contribution in [0, 0.1) is 5.41 Å². The molecule has 1 aromatic heterocycles. The fourth-order valence-corrected chi connectivity index (χ4v) is 1.62. The van der Waals surface area contributed by atoms with E-state index in [0.29, 0.717) is 5.71 Å². The predicted molar refractivity (Wildman–Crippen MR) is 87.9 cm³/mol. The van der Waals surface area contributed by atoms with E-state index < -0.39 is 0 Å². The molecule has 112 valence electrons. The number of hydrogen-bond acceptors (Lipinski definition) is 2. The van der Waals surface area contributed by atoms with Gasteiger partial charge in [-0.3, -0.25) is 5.41 Å². The maximum atomic E-state index is 8.30. The maximum Gasteiger partial charge on any atom is 1.00 e. The van der Waals surface area contributed by atoms with E-state index in [4.69, 9.17) is 5.41 Å². The molecule has 0 fully saturated rings. The average Bonchev–Trinajstić information content (AvgIpc) is 2.86. The quantitative estimate of drug-likeness (QED) is 0.442. The number of nitrogens with zero attached hydrogens (tertiary/aromatic N) is 3. The van der Waals surface area contributed by atoms with Crippen LogP contribution in [0.15, 0.2) is 24.0 Å². The Morgan fingerprint density at radius 3 is 2.33 bits per heavy atom. The number of allylic oxidation sites excluding steroid dienone is 1. The second-order valence-corrected chi connectivity index (χ2v) is 4.48. The van der Waals surface area contributed by atoms with Gasteiger partial charge in [0.25, 0.3) is 0 Å². The summed E-state index contributed by atoms with van der Waals surface area (Å²) in [6, 6.07) is 1.87. The van der Waals surface area contributed by atoms with Crippen LogP contribution in [0.2, 0.25) is 0 Å². The Kier molecular flexibility index (Phi) is 13.3. The fraction of sp³-hybridized carbons (Fsp3) is 0.467. The molecule has 0 saturated heterocycles. The molecule has 0 aliphatic rings. The second-order valence-electron chi connectivity index (χ2n) is 4.48. The van der Waals surface area contributed by atoms with Crippen LogP contribution in [0.1, 0.15) is 19.4 Å². The minimum absolute atomic E-state index is 0. The monoisotopic (exact) mass is 316 g/mol. The molecule has 6 heteroatoms. The molecule has 5 nitrogen and oxygen atoms in total. The first-order valence-electron chi connectivity index (χ1n) is 6.71. The van der Waals surface area contributed by atoms with Gasteiger partial charge >= 0.3 is 51.4 Å². The van der Waals surface area contributed by atoms with Crippen LogP contribution in [-0.2, 0) is 0 Å². The van der Waals surface area contributed by atoms with Crippen molar-refractivity contribution < 1.29 is 56.0 Å². The van der Waals surface area contributed by atoms with E-state index in [1.54, 1.807) is 13.2 Å². The predicted octanol–water partition coefficient (Wildman–Crippen LogP) is -0.164. The van der Waals surface area contributed by atoms with Gasteiger partial charge in [-0.25, -0.2) is 4.58 Å². The number of aromatic nitrogens is 1. The number of rotatable bonds is 5. The van der Waals surface area contributed by atoms with Gasteiger partial charge in [0.1, 0.15) is 14.1 Å². The molecule has 0 saturated carbocycles. The van der Waals surface area contributed by atoms with E-state index in [-0.39, 0.29) is 51.4 Å². The largest absolute Gasteiger partial charge is 1.00 e. The van der Waals surface area contributed by atoms with Gasteiger partial charge in [0.15, 0.2) is 6.21 Å². The summed E-state index contributed by atoms with van der Waals surface area (Å²) in [5.41, 5.74) is 2.11. The van der Waals surface area contributed by atoms with Gasteiger partial charge in [-0.1, -0.05) is 39.0 Å². The Morgan fingerprint density at radius 2 is 1.90 bits per heavy atom. The third-order valence-electron chi connectivity index (χ3n) is 2.30. The summed E-state index contributed by atoms with van der Waals surface area (Å²) in [5.74, 6) is 0.733. The molecular formula is C15H27KN5+. The minimum atomic E-state index is 0. The third kappa shape index (κ3) is 7.97. The normalized spacial score (nSPS) is 9.76. The van der Waals surface area contributed by atoms with Crippen molar-refractivity contribution in [3.05, 3.63) is 34.9 Å². The van der Waals surface area contributed by atoms with Gasteiger partial charge in [-0.05, 0) is 5.56 Å². The van der Waals surface area contributed by atoms with Crippen molar-refractivity contribution in [2.24, 2.45) is 0 Å². The van der Waals surface area contributed by atoms with Gasteiger partial charge in [0.05, 0.1) is 11.3 Å². The molecule has 0 radical (unpaired) electrons. The van der Waals surface area contributed by atoms with Crippen molar-refractivity contribution in [3.63, 3.8) is 0 Å². The number of hydrogen-bond donors (Lipinski definition) is 2. The Labute approximate surface area is 171 Å². The molecule has 0 atom stereocenters. The van der Waals surface area contributed by atoms with E-state index in [1.165, 1.54) is 0 Å². The molecule has 2 N–H and O–H groups in total. The van der Waals surface area contributed by atoms with Crippen LogP contribution in [0.3, 0.4) is 0 Å². The molecule has 1 aromatic rings. The minimum Gasteiger partial charge on any atom is -0.469 e. The smallest absolute Gasteiger partial charge is 0.469 e. The van der Waals surface area contributed by atoms with E-state index in [9.17, 15) is 0 Å². The standard InChI is InChI=1S/C13H21N5.C2H6.K/c1-15-13-11(6-7-16-13)12(14)10(8-17(2)3)9-18(4)5;1-2;/h6-9,14,16H,1-5H3;1-2H3;/q;;+1. The summed E-state index contributed by atoms with van der Waals surface area (Å²) in [6.07, 6.45) is 5.65. The second kappa shape index (κ2) is 12.2. The van der Waals surface area contributed by atoms with Gasteiger partial charge < -0.3 is 15.2 Å². The zero-order chi connectivity index (χ0) is 15.7. The first-order valence-corrected chi connectivity index (χ1v) is 6.71. The van der Waals surface area contributed by atoms with Gasteiger partial charge in [-0.2, -0.15) is 0 Å². The van der Waals surface area contributed by atoms with Crippen LogP contribution in [0.25, 0.3) is 5.32 Å². The Balaban J connectivity index is 0. The summed E-state index contributed by atoms with van der Waals surface area (Å²) < 4.78 is 1.93. The Bertz CT molecular complexity index is 482. The Hall–Kier alpha value is -0.404. The summed E-state index contributed by atoms with van der Waals surface area (Å²) >= 11 is 0. The van der Waals surface area contributed by atoms with Crippen molar-refractivity contribution in [1.82, 2.24) is 9.88 Å². The molecule has 0 aromatic carbocycles. The van der Waals surface area contributed by atoms with Gasteiger partial charge in [0.2, 0.25) is 0 Å². The number of nitrogens with one attached hydrogen (secondary N) is 2. The number of aromatic amines is 1. The molecule has 0 amide bonds. The van der Waals surface area contributed by atoms with Crippen molar-refractivity contribution >= 4 is 17.7 Å². The summed E-state index contributed by atoms with van der Waals surface area (Å²) in [6.45, 7) is 4.00. The first kappa shape index (κ1) is 22.9. The molecule has 0 unspecified atom stereocenters. The molecule has 0 spiro atoms.